The molecule has 0 spiro atoms. The number of halogens is 1. The van der Waals surface area contributed by atoms with Crippen LogP contribution in [0.4, 0.5) is 0 Å². The van der Waals surface area contributed by atoms with Crippen LogP contribution in [0.3, 0.4) is 0 Å². The predicted octanol–water partition coefficient (Wildman–Crippen LogP) is 5.30. The summed E-state index contributed by atoms with van der Waals surface area (Å²) < 4.78 is 1.97. The number of aromatic nitrogens is 5. The SMILES string of the molecule is C[C@H](c1ccccc1)n1nnc2cnc3ccc(-c4ccc(Cl)nc4)cc3c21. The molecule has 0 saturated heterocycles. The maximum absolute atomic E-state index is 5.93. The van der Waals surface area contributed by atoms with Crippen LogP contribution >= 0.6 is 11.6 Å². The van der Waals surface area contributed by atoms with Crippen LogP contribution in [-0.4, -0.2) is 25.0 Å². The van der Waals surface area contributed by atoms with Crippen LogP contribution in [0.2, 0.25) is 5.15 Å². The Morgan fingerprint density at radius 2 is 1.68 bits per heavy atom. The minimum absolute atomic E-state index is 0.0534. The molecule has 1 atom stereocenters. The highest BCUT2D eigenvalue weighted by Gasteiger charge is 2.16. The van der Waals surface area contributed by atoms with Crippen molar-refractivity contribution in [2.45, 2.75) is 13.0 Å². The molecule has 3 aromatic heterocycles. The van der Waals surface area contributed by atoms with E-state index in [9.17, 15) is 0 Å². The first-order chi connectivity index (χ1) is 13.7. The fraction of sp³-hybridized carbons (Fsp3) is 0.0909. The molecule has 0 fully saturated rings. The Kier molecular flexibility index (Phi) is 4.02. The van der Waals surface area contributed by atoms with E-state index in [2.05, 4.69) is 45.4 Å². The summed E-state index contributed by atoms with van der Waals surface area (Å²) in [6.07, 6.45) is 3.56. The van der Waals surface area contributed by atoms with Crippen molar-refractivity contribution >= 4 is 33.5 Å². The summed E-state index contributed by atoms with van der Waals surface area (Å²) >= 11 is 5.93. The van der Waals surface area contributed by atoms with E-state index in [0.717, 1.165) is 33.1 Å². The highest BCUT2D eigenvalue weighted by atomic mass is 35.5. The lowest BCUT2D eigenvalue weighted by molar-refractivity contribution is 0.561. The molecule has 0 amide bonds. The van der Waals surface area contributed by atoms with E-state index in [4.69, 9.17) is 11.6 Å². The second kappa shape index (κ2) is 6.69. The maximum atomic E-state index is 5.93. The third-order valence-corrected chi connectivity index (χ3v) is 5.23. The van der Waals surface area contributed by atoms with E-state index < -0.39 is 0 Å². The van der Waals surface area contributed by atoms with Crippen LogP contribution in [0.25, 0.3) is 33.1 Å². The topological polar surface area (TPSA) is 56.5 Å². The lowest BCUT2D eigenvalue weighted by Gasteiger charge is -2.14. The van der Waals surface area contributed by atoms with Gasteiger partial charge in [0.15, 0.2) is 0 Å². The van der Waals surface area contributed by atoms with Crippen LogP contribution in [0.5, 0.6) is 0 Å². The molecular formula is C22H16ClN5. The number of nitrogens with zero attached hydrogens (tertiary/aromatic N) is 5. The van der Waals surface area contributed by atoms with Gasteiger partial charge < -0.3 is 0 Å². The Labute approximate surface area is 166 Å². The smallest absolute Gasteiger partial charge is 0.132 e. The normalized spacial score (nSPS) is 12.5. The Morgan fingerprint density at radius 3 is 2.46 bits per heavy atom. The molecule has 0 saturated carbocycles. The number of hydrogen-bond acceptors (Lipinski definition) is 4. The molecule has 136 valence electrons. The molecule has 0 bridgehead atoms. The average molecular weight is 386 g/mol. The summed E-state index contributed by atoms with van der Waals surface area (Å²) in [5, 5.41) is 10.3. The first kappa shape index (κ1) is 16.8. The third-order valence-electron chi connectivity index (χ3n) is 5.01. The molecular weight excluding hydrogens is 370 g/mol. The molecule has 5 nitrogen and oxygen atoms in total. The first-order valence-corrected chi connectivity index (χ1v) is 9.39. The largest absolute Gasteiger partial charge is 0.254 e. The molecule has 0 aliphatic rings. The Bertz CT molecular complexity index is 1280. The van der Waals surface area contributed by atoms with Gasteiger partial charge in [-0.3, -0.25) is 4.98 Å². The zero-order valence-electron chi connectivity index (χ0n) is 15.1. The van der Waals surface area contributed by atoms with E-state index in [-0.39, 0.29) is 6.04 Å². The van der Waals surface area contributed by atoms with Gasteiger partial charge in [0.1, 0.15) is 16.2 Å². The van der Waals surface area contributed by atoms with E-state index in [1.54, 1.807) is 18.5 Å². The van der Waals surface area contributed by atoms with Crippen molar-refractivity contribution in [1.82, 2.24) is 25.0 Å². The van der Waals surface area contributed by atoms with Gasteiger partial charge >= 0.3 is 0 Å². The summed E-state index contributed by atoms with van der Waals surface area (Å²) in [7, 11) is 0. The average Bonchev–Trinajstić information content (AvgIpc) is 3.19. The minimum Gasteiger partial charge on any atom is -0.254 e. The predicted molar refractivity (Wildman–Crippen MR) is 111 cm³/mol. The first-order valence-electron chi connectivity index (χ1n) is 9.01. The Balaban J connectivity index is 1.73. The van der Waals surface area contributed by atoms with Crippen molar-refractivity contribution < 1.29 is 0 Å². The fourth-order valence-electron chi connectivity index (χ4n) is 3.49. The zero-order chi connectivity index (χ0) is 19.1. The van der Waals surface area contributed by atoms with Gasteiger partial charge in [-0.25, -0.2) is 9.67 Å². The standard InChI is InChI=1S/C22H16ClN5/c1-14(15-5-3-2-4-6-15)28-22-18-11-16(17-8-10-21(23)25-12-17)7-9-19(18)24-13-20(22)26-27-28/h2-14H,1H3/t14-/m1/s1. The van der Waals surface area contributed by atoms with E-state index >= 15 is 0 Å². The second-order valence-electron chi connectivity index (χ2n) is 6.71. The molecule has 0 radical (unpaired) electrons. The molecule has 0 unspecified atom stereocenters. The molecule has 0 N–H and O–H groups in total. The van der Waals surface area contributed by atoms with Gasteiger partial charge in [0.2, 0.25) is 0 Å². The third kappa shape index (κ3) is 2.80. The van der Waals surface area contributed by atoms with Crippen molar-refractivity contribution in [2.75, 3.05) is 0 Å². The molecule has 2 aromatic carbocycles. The second-order valence-corrected chi connectivity index (χ2v) is 7.10. The van der Waals surface area contributed by atoms with E-state index in [1.807, 2.05) is 41.1 Å². The van der Waals surface area contributed by atoms with Gasteiger partial charge in [0, 0.05) is 17.1 Å². The quantitative estimate of drug-likeness (QED) is 0.395. The molecule has 0 aliphatic heterocycles. The number of pyridine rings is 2. The lowest BCUT2D eigenvalue weighted by Crippen LogP contribution is -2.08. The summed E-state index contributed by atoms with van der Waals surface area (Å²) in [4.78, 5) is 8.74. The molecule has 5 aromatic rings. The number of hydrogen-bond donors (Lipinski definition) is 0. The molecule has 28 heavy (non-hydrogen) atoms. The minimum atomic E-state index is 0.0534. The Hall–Kier alpha value is -3.31. The van der Waals surface area contributed by atoms with Crippen LogP contribution in [0, 0.1) is 0 Å². The van der Waals surface area contributed by atoms with Gasteiger partial charge in [-0.1, -0.05) is 53.2 Å². The monoisotopic (exact) mass is 385 g/mol. The van der Waals surface area contributed by atoms with Crippen molar-refractivity contribution in [3.8, 4) is 11.1 Å². The number of benzene rings is 2. The zero-order valence-corrected chi connectivity index (χ0v) is 15.9. The maximum Gasteiger partial charge on any atom is 0.132 e. The molecule has 5 rings (SSSR count). The van der Waals surface area contributed by atoms with Gasteiger partial charge in [0.25, 0.3) is 0 Å². The summed E-state index contributed by atoms with van der Waals surface area (Å²) in [6.45, 7) is 2.13. The molecule has 6 heteroatoms. The van der Waals surface area contributed by atoms with Crippen molar-refractivity contribution in [3.63, 3.8) is 0 Å². The van der Waals surface area contributed by atoms with Crippen LogP contribution < -0.4 is 0 Å². The van der Waals surface area contributed by atoms with E-state index in [1.165, 1.54) is 5.56 Å². The fourth-order valence-corrected chi connectivity index (χ4v) is 3.60. The van der Waals surface area contributed by atoms with Gasteiger partial charge in [0.05, 0.1) is 17.8 Å². The van der Waals surface area contributed by atoms with E-state index in [0.29, 0.717) is 5.15 Å². The summed E-state index contributed by atoms with van der Waals surface area (Å²) in [5.74, 6) is 0. The van der Waals surface area contributed by atoms with Crippen molar-refractivity contribution in [2.24, 2.45) is 0 Å². The highest BCUT2D eigenvalue weighted by Crippen LogP contribution is 2.30. The summed E-state index contributed by atoms with van der Waals surface area (Å²) in [6, 6.07) is 20.3. The van der Waals surface area contributed by atoms with Gasteiger partial charge in [-0.05, 0) is 42.3 Å². The number of rotatable bonds is 3. The van der Waals surface area contributed by atoms with Crippen LogP contribution in [0.15, 0.2) is 73.1 Å². The van der Waals surface area contributed by atoms with Crippen LogP contribution in [0.1, 0.15) is 18.5 Å². The number of fused-ring (bicyclic) bond motifs is 3. The van der Waals surface area contributed by atoms with Crippen LogP contribution in [-0.2, 0) is 0 Å². The summed E-state index contributed by atoms with van der Waals surface area (Å²) in [5.41, 5.74) is 5.88. The van der Waals surface area contributed by atoms with Crippen molar-refractivity contribution in [1.29, 1.82) is 0 Å². The molecule has 0 aliphatic carbocycles. The molecule has 3 heterocycles. The van der Waals surface area contributed by atoms with Gasteiger partial charge in [-0.15, -0.1) is 5.10 Å². The van der Waals surface area contributed by atoms with Gasteiger partial charge in [-0.2, -0.15) is 0 Å². The Morgan fingerprint density at radius 1 is 0.857 bits per heavy atom. The highest BCUT2D eigenvalue weighted by molar-refractivity contribution is 6.29. The van der Waals surface area contributed by atoms with Crippen molar-refractivity contribution in [3.05, 3.63) is 83.8 Å². The lowest BCUT2D eigenvalue weighted by atomic mass is 10.0.